The van der Waals surface area contributed by atoms with E-state index >= 15 is 0 Å². The van der Waals surface area contributed by atoms with Crippen molar-refractivity contribution in [3.05, 3.63) is 22.7 Å². The first kappa shape index (κ1) is 16.2. The molecule has 2 rings (SSSR count). The van der Waals surface area contributed by atoms with Gasteiger partial charge in [-0.3, -0.25) is 10.1 Å². The highest BCUT2D eigenvalue weighted by atomic mass is 79.9. The number of hydrogen-bond donors (Lipinski definition) is 3. The molecule has 1 fully saturated rings. The molecule has 0 bridgehead atoms. The molecular formula is C14H18BrN3O2S. The molecule has 1 aliphatic carbocycles. The largest absolute Gasteiger partial charge is 0.398 e. The van der Waals surface area contributed by atoms with Gasteiger partial charge in [0.1, 0.15) is 0 Å². The van der Waals surface area contributed by atoms with Crippen LogP contribution in [-0.4, -0.2) is 23.7 Å². The number of anilines is 1. The fourth-order valence-electron chi connectivity index (χ4n) is 2.23. The van der Waals surface area contributed by atoms with Gasteiger partial charge in [0.2, 0.25) is 5.91 Å². The van der Waals surface area contributed by atoms with E-state index in [0.717, 1.165) is 35.1 Å². The SMILES string of the molecule is Nc1ccc(Br)cc1SCC(=O)NC(=O)NC1CCCC1. The summed E-state index contributed by atoms with van der Waals surface area (Å²) in [7, 11) is 0. The molecule has 0 unspecified atom stereocenters. The lowest BCUT2D eigenvalue weighted by atomic mass is 10.2. The number of imide groups is 1. The molecule has 4 N–H and O–H groups in total. The molecule has 21 heavy (non-hydrogen) atoms. The van der Waals surface area contributed by atoms with Gasteiger partial charge in [-0.15, -0.1) is 11.8 Å². The lowest BCUT2D eigenvalue weighted by Crippen LogP contribution is -2.44. The number of benzene rings is 1. The Hall–Kier alpha value is -1.21. The zero-order chi connectivity index (χ0) is 15.2. The van der Waals surface area contributed by atoms with Crippen LogP contribution in [0.5, 0.6) is 0 Å². The quantitative estimate of drug-likeness (QED) is 0.561. The average molecular weight is 372 g/mol. The smallest absolute Gasteiger partial charge is 0.321 e. The highest BCUT2D eigenvalue weighted by molar-refractivity contribution is 9.10. The van der Waals surface area contributed by atoms with Crippen molar-refractivity contribution in [2.45, 2.75) is 36.6 Å². The summed E-state index contributed by atoms with van der Waals surface area (Å²) in [5.74, 6) is -0.173. The summed E-state index contributed by atoms with van der Waals surface area (Å²) in [6.07, 6.45) is 4.25. The first-order valence-electron chi connectivity index (χ1n) is 6.83. The zero-order valence-corrected chi connectivity index (χ0v) is 13.9. The number of thioether (sulfide) groups is 1. The van der Waals surface area contributed by atoms with E-state index in [9.17, 15) is 9.59 Å². The van der Waals surface area contributed by atoms with Crippen molar-refractivity contribution in [3.63, 3.8) is 0 Å². The van der Waals surface area contributed by atoms with Gasteiger partial charge in [-0.25, -0.2) is 4.79 Å². The highest BCUT2D eigenvalue weighted by Gasteiger charge is 2.18. The third-order valence-electron chi connectivity index (χ3n) is 3.28. The van der Waals surface area contributed by atoms with Crippen LogP contribution in [0.15, 0.2) is 27.6 Å². The Labute approximate surface area is 136 Å². The maximum atomic E-state index is 11.8. The summed E-state index contributed by atoms with van der Waals surface area (Å²) in [4.78, 5) is 24.2. The van der Waals surface area contributed by atoms with Gasteiger partial charge < -0.3 is 11.1 Å². The molecule has 0 aliphatic heterocycles. The lowest BCUT2D eigenvalue weighted by molar-refractivity contribution is -0.117. The second kappa shape index (κ2) is 7.70. The minimum atomic E-state index is -0.408. The minimum absolute atomic E-state index is 0.152. The first-order valence-corrected chi connectivity index (χ1v) is 8.60. The normalized spacial score (nSPS) is 14.9. The number of nitrogen functional groups attached to an aromatic ring is 1. The number of nitrogens with one attached hydrogen (secondary N) is 2. The zero-order valence-electron chi connectivity index (χ0n) is 11.5. The Balaban J connectivity index is 1.76. The van der Waals surface area contributed by atoms with E-state index in [1.807, 2.05) is 12.1 Å². The van der Waals surface area contributed by atoms with E-state index in [1.165, 1.54) is 11.8 Å². The van der Waals surface area contributed by atoms with Crippen molar-refractivity contribution in [1.82, 2.24) is 10.6 Å². The molecule has 3 amide bonds. The molecule has 0 spiro atoms. The fourth-order valence-corrected chi connectivity index (χ4v) is 3.55. The van der Waals surface area contributed by atoms with Crippen LogP contribution in [0.3, 0.4) is 0 Å². The van der Waals surface area contributed by atoms with Crippen LogP contribution in [0.1, 0.15) is 25.7 Å². The number of hydrogen-bond acceptors (Lipinski definition) is 4. The van der Waals surface area contributed by atoms with Crippen molar-refractivity contribution in [3.8, 4) is 0 Å². The number of halogens is 1. The summed E-state index contributed by atoms with van der Waals surface area (Å²) in [6.45, 7) is 0. The van der Waals surface area contributed by atoms with E-state index < -0.39 is 6.03 Å². The second-order valence-electron chi connectivity index (χ2n) is 4.97. The Morgan fingerprint density at radius 2 is 2.05 bits per heavy atom. The number of amides is 3. The summed E-state index contributed by atoms with van der Waals surface area (Å²) in [5, 5.41) is 5.16. The summed E-state index contributed by atoms with van der Waals surface area (Å²) in [6, 6.07) is 5.26. The van der Waals surface area contributed by atoms with Crippen molar-refractivity contribution in [1.29, 1.82) is 0 Å². The van der Waals surface area contributed by atoms with Gasteiger partial charge in [0.25, 0.3) is 0 Å². The van der Waals surface area contributed by atoms with Crippen molar-refractivity contribution in [2.24, 2.45) is 0 Å². The maximum Gasteiger partial charge on any atom is 0.321 e. The van der Waals surface area contributed by atoms with Gasteiger partial charge in [-0.1, -0.05) is 28.8 Å². The molecule has 7 heteroatoms. The van der Waals surface area contributed by atoms with Gasteiger partial charge in [0, 0.05) is 21.1 Å². The maximum absolute atomic E-state index is 11.8. The Kier molecular flexibility index (Phi) is 5.93. The van der Waals surface area contributed by atoms with Crippen molar-refractivity contribution in [2.75, 3.05) is 11.5 Å². The second-order valence-corrected chi connectivity index (χ2v) is 6.91. The highest BCUT2D eigenvalue weighted by Crippen LogP contribution is 2.28. The summed E-state index contributed by atoms with van der Waals surface area (Å²) in [5.41, 5.74) is 6.45. The molecule has 1 aliphatic rings. The average Bonchev–Trinajstić information content (AvgIpc) is 2.92. The molecular weight excluding hydrogens is 354 g/mol. The van der Waals surface area contributed by atoms with Crippen LogP contribution in [0.25, 0.3) is 0 Å². The number of carbonyl (C=O) groups excluding carboxylic acids is 2. The number of carbonyl (C=O) groups is 2. The summed E-state index contributed by atoms with van der Waals surface area (Å²) >= 11 is 4.67. The molecule has 5 nitrogen and oxygen atoms in total. The van der Waals surface area contributed by atoms with Gasteiger partial charge in [0.05, 0.1) is 5.75 Å². The Morgan fingerprint density at radius 3 is 2.76 bits per heavy atom. The molecule has 1 saturated carbocycles. The third kappa shape index (κ3) is 5.24. The predicted octanol–water partition coefficient (Wildman–Crippen LogP) is 2.89. The number of rotatable bonds is 4. The van der Waals surface area contributed by atoms with Crippen LogP contribution in [0.4, 0.5) is 10.5 Å². The van der Waals surface area contributed by atoms with Gasteiger partial charge in [-0.2, -0.15) is 0 Å². The first-order chi connectivity index (χ1) is 10.0. The van der Waals surface area contributed by atoms with E-state index in [-0.39, 0.29) is 17.7 Å². The van der Waals surface area contributed by atoms with Gasteiger partial charge in [0.15, 0.2) is 0 Å². The standard InChI is InChI=1S/C14H18BrN3O2S/c15-9-5-6-11(16)12(7-9)21-8-13(19)18-14(20)17-10-3-1-2-4-10/h5-7,10H,1-4,8,16H2,(H2,17,18,19,20). The molecule has 0 saturated heterocycles. The lowest BCUT2D eigenvalue weighted by Gasteiger charge is -2.12. The molecule has 0 aromatic heterocycles. The van der Waals surface area contributed by atoms with Crippen LogP contribution < -0.4 is 16.4 Å². The van der Waals surface area contributed by atoms with E-state index in [1.54, 1.807) is 6.07 Å². The number of nitrogens with two attached hydrogens (primary N) is 1. The number of urea groups is 1. The van der Waals surface area contributed by atoms with E-state index in [4.69, 9.17) is 5.73 Å². The van der Waals surface area contributed by atoms with Crippen LogP contribution in [0.2, 0.25) is 0 Å². The monoisotopic (exact) mass is 371 g/mol. The molecule has 1 aromatic carbocycles. The van der Waals surface area contributed by atoms with Crippen molar-refractivity contribution < 1.29 is 9.59 Å². The molecule has 114 valence electrons. The van der Waals surface area contributed by atoms with Gasteiger partial charge in [-0.05, 0) is 31.0 Å². The van der Waals surface area contributed by atoms with Crippen molar-refractivity contribution >= 4 is 45.3 Å². The van der Waals surface area contributed by atoms with Crippen LogP contribution in [-0.2, 0) is 4.79 Å². The Morgan fingerprint density at radius 1 is 1.33 bits per heavy atom. The predicted molar refractivity (Wildman–Crippen MR) is 88.2 cm³/mol. The van der Waals surface area contributed by atoms with Crippen LogP contribution >= 0.6 is 27.7 Å². The summed E-state index contributed by atoms with van der Waals surface area (Å²) < 4.78 is 0.901. The topological polar surface area (TPSA) is 84.2 Å². The fraction of sp³-hybridized carbons (Fsp3) is 0.429. The minimum Gasteiger partial charge on any atom is -0.398 e. The van der Waals surface area contributed by atoms with E-state index in [2.05, 4.69) is 26.6 Å². The molecule has 1 aromatic rings. The molecule has 0 radical (unpaired) electrons. The molecule has 0 heterocycles. The third-order valence-corrected chi connectivity index (χ3v) is 4.84. The van der Waals surface area contributed by atoms with E-state index in [0.29, 0.717) is 5.69 Å². The molecule has 0 atom stereocenters. The van der Waals surface area contributed by atoms with Gasteiger partial charge >= 0.3 is 6.03 Å². The Bertz CT molecular complexity index is 533. The van der Waals surface area contributed by atoms with Crippen LogP contribution in [0, 0.1) is 0 Å².